The number of hydrogen-bond acceptors (Lipinski definition) is 3. The van der Waals surface area contributed by atoms with Gasteiger partial charge in [-0.05, 0) is 43.7 Å². The number of carbonyl (C=O) groups excluding carboxylic acids is 1. The molecule has 0 aliphatic heterocycles. The lowest BCUT2D eigenvalue weighted by atomic mass is 10.0. The number of ketones is 1. The van der Waals surface area contributed by atoms with Crippen molar-refractivity contribution in [3.63, 3.8) is 0 Å². The molecule has 16 heavy (non-hydrogen) atoms. The summed E-state index contributed by atoms with van der Waals surface area (Å²) in [4.78, 5) is 12.0. The Labute approximate surface area is 97.0 Å². The van der Waals surface area contributed by atoms with Crippen molar-refractivity contribution in [3.05, 3.63) is 29.8 Å². The van der Waals surface area contributed by atoms with Crippen molar-refractivity contribution in [3.8, 4) is 0 Å². The Hall–Kier alpha value is -1.35. The summed E-state index contributed by atoms with van der Waals surface area (Å²) in [5, 5.41) is 3.21. The minimum absolute atomic E-state index is 0.112. The minimum Gasteiger partial charge on any atom is -0.399 e. The van der Waals surface area contributed by atoms with E-state index in [1.807, 2.05) is 6.92 Å². The lowest BCUT2D eigenvalue weighted by molar-refractivity contribution is 0.0949. The average molecular weight is 220 g/mol. The number of anilines is 1. The van der Waals surface area contributed by atoms with E-state index in [0.29, 0.717) is 17.2 Å². The van der Waals surface area contributed by atoms with Gasteiger partial charge in [0.25, 0.3) is 0 Å². The van der Waals surface area contributed by atoms with E-state index in [2.05, 4.69) is 19.2 Å². The van der Waals surface area contributed by atoms with E-state index in [4.69, 9.17) is 5.73 Å². The van der Waals surface area contributed by atoms with Gasteiger partial charge in [-0.15, -0.1) is 0 Å². The maximum absolute atomic E-state index is 12.0. The predicted molar refractivity (Wildman–Crippen MR) is 67.5 cm³/mol. The largest absolute Gasteiger partial charge is 0.399 e. The van der Waals surface area contributed by atoms with Gasteiger partial charge in [-0.1, -0.05) is 13.8 Å². The fraction of sp³-hybridized carbons (Fsp3) is 0.462. The van der Waals surface area contributed by atoms with Gasteiger partial charge in [-0.3, -0.25) is 4.79 Å². The number of hydrogen-bond donors (Lipinski definition) is 2. The van der Waals surface area contributed by atoms with Crippen molar-refractivity contribution in [1.82, 2.24) is 5.32 Å². The summed E-state index contributed by atoms with van der Waals surface area (Å²) in [7, 11) is 0. The molecule has 1 aromatic carbocycles. The first kappa shape index (κ1) is 12.7. The van der Waals surface area contributed by atoms with E-state index in [0.717, 1.165) is 6.54 Å². The van der Waals surface area contributed by atoms with Crippen LogP contribution >= 0.6 is 0 Å². The lowest BCUT2D eigenvalue weighted by Crippen LogP contribution is -2.36. The van der Waals surface area contributed by atoms with E-state index in [9.17, 15) is 4.79 Å². The standard InChI is InChI=1S/C13H20N2O/c1-9(2)8-15-10(3)13(16)11-4-6-12(14)7-5-11/h4-7,9-10,15H,8,14H2,1-3H3. The number of nitrogens with two attached hydrogens (primary N) is 1. The molecule has 0 saturated carbocycles. The van der Waals surface area contributed by atoms with Crippen LogP contribution in [0.4, 0.5) is 5.69 Å². The van der Waals surface area contributed by atoms with Gasteiger partial charge in [-0.2, -0.15) is 0 Å². The first-order valence-electron chi connectivity index (χ1n) is 5.64. The zero-order valence-electron chi connectivity index (χ0n) is 10.2. The number of Topliss-reactive ketones (excluding diaryl/α,β-unsaturated/α-hetero) is 1. The maximum atomic E-state index is 12.0. The number of nitrogens with one attached hydrogen (secondary N) is 1. The molecule has 0 radical (unpaired) electrons. The molecule has 0 amide bonds. The molecule has 3 N–H and O–H groups in total. The van der Waals surface area contributed by atoms with Gasteiger partial charge in [0, 0.05) is 11.3 Å². The smallest absolute Gasteiger partial charge is 0.179 e. The molecular formula is C13H20N2O. The number of benzene rings is 1. The van der Waals surface area contributed by atoms with Crippen molar-refractivity contribution in [2.24, 2.45) is 5.92 Å². The third-order valence-corrected chi connectivity index (χ3v) is 2.42. The molecule has 0 aliphatic carbocycles. The molecule has 0 spiro atoms. The summed E-state index contributed by atoms with van der Waals surface area (Å²) in [6.07, 6.45) is 0. The second kappa shape index (κ2) is 5.66. The molecule has 3 nitrogen and oxygen atoms in total. The Morgan fingerprint density at radius 2 is 1.81 bits per heavy atom. The van der Waals surface area contributed by atoms with Gasteiger partial charge in [0.1, 0.15) is 0 Å². The van der Waals surface area contributed by atoms with Crippen LogP contribution in [0.5, 0.6) is 0 Å². The second-order valence-electron chi connectivity index (χ2n) is 4.51. The van der Waals surface area contributed by atoms with Crippen molar-refractivity contribution < 1.29 is 4.79 Å². The monoisotopic (exact) mass is 220 g/mol. The summed E-state index contributed by atoms with van der Waals surface area (Å²) in [5.74, 6) is 0.655. The van der Waals surface area contributed by atoms with Crippen molar-refractivity contribution >= 4 is 11.5 Å². The van der Waals surface area contributed by atoms with Gasteiger partial charge in [-0.25, -0.2) is 0 Å². The lowest BCUT2D eigenvalue weighted by Gasteiger charge is -2.14. The van der Waals surface area contributed by atoms with Crippen LogP contribution in [0.3, 0.4) is 0 Å². The zero-order chi connectivity index (χ0) is 12.1. The number of rotatable bonds is 5. The normalized spacial score (nSPS) is 12.8. The van der Waals surface area contributed by atoms with E-state index in [-0.39, 0.29) is 11.8 Å². The molecule has 0 aliphatic rings. The SMILES string of the molecule is CC(C)CNC(C)C(=O)c1ccc(N)cc1. The maximum Gasteiger partial charge on any atom is 0.179 e. The second-order valence-corrected chi connectivity index (χ2v) is 4.51. The Balaban J connectivity index is 2.60. The summed E-state index contributed by atoms with van der Waals surface area (Å²) in [6.45, 7) is 6.98. The van der Waals surface area contributed by atoms with Crippen LogP contribution in [0, 0.1) is 5.92 Å². The Bertz CT molecular complexity index is 343. The molecule has 0 saturated heterocycles. The highest BCUT2D eigenvalue weighted by Crippen LogP contribution is 2.08. The summed E-state index contributed by atoms with van der Waals surface area (Å²) < 4.78 is 0. The first-order chi connectivity index (χ1) is 7.50. The van der Waals surface area contributed by atoms with Crippen molar-refractivity contribution in [1.29, 1.82) is 0 Å². The highest BCUT2D eigenvalue weighted by atomic mass is 16.1. The molecule has 3 heteroatoms. The molecule has 0 bridgehead atoms. The number of nitrogen functional groups attached to an aromatic ring is 1. The Kier molecular flexibility index (Phi) is 4.50. The third kappa shape index (κ3) is 3.66. The van der Waals surface area contributed by atoms with Crippen LogP contribution in [-0.4, -0.2) is 18.4 Å². The quantitative estimate of drug-likeness (QED) is 0.590. The van der Waals surface area contributed by atoms with E-state index in [1.54, 1.807) is 24.3 Å². The van der Waals surface area contributed by atoms with E-state index < -0.39 is 0 Å². The van der Waals surface area contributed by atoms with Gasteiger partial charge in [0.05, 0.1) is 6.04 Å². The third-order valence-electron chi connectivity index (χ3n) is 2.42. The molecule has 0 aromatic heterocycles. The molecule has 0 heterocycles. The van der Waals surface area contributed by atoms with Crippen LogP contribution in [0.15, 0.2) is 24.3 Å². The van der Waals surface area contributed by atoms with Gasteiger partial charge >= 0.3 is 0 Å². The Morgan fingerprint density at radius 1 is 1.25 bits per heavy atom. The highest BCUT2D eigenvalue weighted by Gasteiger charge is 2.14. The molecule has 1 aromatic rings. The summed E-state index contributed by atoms with van der Waals surface area (Å²) in [6, 6.07) is 6.90. The van der Waals surface area contributed by atoms with E-state index >= 15 is 0 Å². The fourth-order valence-electron chi connectivity index (χ4n) is 1.40. The van der Waals surface area contributed by atoms with Crippen LogP contribution < -0.4 is 11.1 Å². The minimum atomic E-state index is -0.147. The molecule has 88 valence electrons. The fourth-order valence-corrected chi connectivity index (χ4v) is 1.40. The average Bonchev–Trinajstić information content (AvgIpc) is 2.26. The van der Waals surface area contributed by atoms with Gasteiger partial charge in [0.2, 0.25) is 0 Å². The summed E-state index contributed by atoms with van der Waals surface area (Å²) in [5.41, 5.74) is 6.96. The topological polar surface area (TPSA) is 55.1 Å². The van der Waals surface area contributed by atoms with Gasteiger partial charge < -0.3 is 11.1 Å². The number of carbonyl (C=O) groups is 1. The van der Waals surface area contributed by atoms with Crippen LogP contribution in [0.2, 0.25) is 0 Å². The highest BCUT2D eigenvalue weighted by molar-refractivity contribution is 6.00. The van der Waals surface area contributed by atoms with Crippen LogP contribution in [0.25, 0.3) is 0 Å². The van der Waals surface area contributed by atoms with Crippen LogP contribution in [-0.2, 0) is 0 Å². The molecule has 1 rings (SSSR count). The molecule has 1 atom stereocenters. The molecule has 1 unspecified atom stereocenters. The predicted octanol–water partition coefficient (Wildman–Crippen LogP) is 2.09. The van der Waals surface area contributed by atoms with Crippen molar-refractivity contribution in [2.45, 2.75) is 26.8 Å². The van der Waals surface area contributed by atoms with Gasteiger partial charge in [0.15, 0.2) is 5.78 Å². The van der Waals surface area contributed by atoms with Crippen molar-refractivity contribution in [2.75, 3.05) is 12.3 Å². The first-order valence-corrected chi connectivity index (χ1v) is 5.64. The zero-order valence-corrected chi connectivity index (χ0v) is 10.2. The summed E-state index contributed by atoms with van der Waals surface area (Å²) >= 11 is 0. The van der Waals surface area contributed by atoms with Crippen LogP contribution in [0.1, 0.15) is 31.1 Å². The molecular weight excluding hydrogens is 200 g/mol. The molecule has 0 fully saturated rings. The van der Waals surface area contributed by atoms with E-state index in [1.165, 1.54) is 0 Å². The Morgan fingerprint density at radius 3 is 2.31 bits per heavy atom.